The van der Waals surface area contributed by atoms with Crippen LogP contribution in [0.25, 0.3) is 0 Å². The number of phenolic OH excluding ortho intramolecular Hbond substituents is 2. The van der Waals surface area contributed by atoms with Gasteiger partial charge in [-0.05, 0) is 48.5 Å². The van der Waals surface area contributed by atoms with Crippen molar-refractivity contribution in [2.24, 2.45) is 0 Å². The Hall–Kier alpha value is -2.04. The monoisotopic (exact) mass is 260 g/mol. The van der Waals surface area contributed by atoms with Gasteiger partial charge in [-0.3, -0.25) is 0 Å². The highest BCUT2D eigenvalue weighted by atomic mass is 16.7. The highest BCUT2D eigenvalue weighted by Crippen LogP contribution is 2.35. The average molecular weight is 260 g/mol. The summed E-state index contributed by atoms with van der Waals surface area (Å²) in [7, 11) is 3.09. The van der Waals surface area contributed by atoms with Crippen molar-refractivity contribution in [1.29, 1.82) is 0 Å². The third-order valence-corrected chi connectivity index (χ3v) is 3.07. The second-order valence-corrected chi connectivity index (χ2v) is 4.12. The van der Waals surface area contributed by atoms with Gasteiger partial charge in [0.15, 0.2) is 0 Å². The third-order valence-electron chi connectivity index (χ3n) is 3.07. The first-order valence-corrected chi connectivity index (χ1v) is 5.81. The van der Waals surface area contributed by atoms with Gasteiger partial charge >= 0.3 is 0 Å². The van der Waals surface area contributed by atoms with Crippen LogP contribution in [0.5, 0.6) is 11.5 Å². The Labute approximate surface area is 111 Å². The zero-order chi connectivity index (χ0) is 13.9. The van der Waals surface area contributed by atoms with E-state index in [0.29, 0.717) is 0 Å². The van der Waals surface area contributed by atoms with Gasteiger partial charge in [-0.25, -0.2) is 0 Å². The van der Waals surface area contributed by atoms with E-state index in [2.05, 4.69) is 0 Å². The second kappa shape index (κ2) is 5.30. The fourth-order valence-corrected chi connectivity index (χ4v) is 2.08. The molecule has 0 radical (unpaired) electrons. The van der Waals surface area contributed by atoms with Gasteiger partial charge < -0.3 is 19.7 Å². The summed E-state index contributed by atoms with van der Waals surface area (Å²) < 4.78 is 11.1. The number of rotatable bonds is 4. The summed E-state index contributed by atoms with van der Waals surface area (Å²) in [6, 6.07) is 13.2. The molecule has 19 heavy (non-hydrogen) atoms. The Morgan fingerprint density at radius 3 is 1.26 bits per heavy atom. The molecule has 0 aliphatic rings. The number of benzene rings is 2. The molecule has 0 aromatic heterocycles. The smallest absolute Gasteiger partial charge is 0.221 e. The normalized spacial score (nSPS) is 11.5. The quantitative estimate of drug-likeness (QED) is 0.830. The molecule has 0 bridgehead atoms. The van der Waals surface area contributed by atoms with E-state index in [0.717, 1.165) is 11.1 Å². The van der Waals surface area contributed by atoms with Gasteiger partial charge in [0.1, 0.15) is 11.5 Å². The summed E-state index contributed by atoms with van der Waals surface area (Å²) in [5.41, 5.74) is 1.50. The van der Waals surface area contributed by atoms with Crippen LogP contribution in [0.3, 0.4) is 0 Å². The SMILES string of the molecule is COC(OC)(c1ccc(O)cc1)c1ccc(O)cc1. The van der Waals surface area contributed by atoms with Crippen LogP contribution in [-0.2, 0) is 15.3 Å². The highest BCUT2D eigenvalue weighted by molar-refractivity contribution is 5.38. The lowest BCUT2D eigenvalue weighted by atomic mass is 9.97. The maximum absolute atomic E-state index is 9.36. The van der Waals surface area contributed by atoms with Crippen molar-refractivity contribution in [3.8, 4) is 11.5 Å². The maximum Gasteiger partial charge on any atom is 0.221 e. The Balaban J connectivity index is 2.53. The first-order valence-electron chi connectivity index (χ1n) is 5.81. The molecular weight excluding hydrogens is 244 g/mol. The van der Waals surface area contributed by atoms with Crippen LogP contribution in [0, 0.1) is 0 Å². The molecule has 2 rings (SSSR count). The molecule has 0 unspecified atom stereocenters. The van der Waals surface area contributed by atoms with E-state index >= 15 is 0 Å². The Morgan fingerprint density at radius 1 is 0.684 bits per heavy atom. The van der Waals surface area contributed by atoms with Crippen LogP contribution in [0.15, 0.2) is 48.5 Å². The number of methoxy groups -OCH3 is 2. The van der Waals surface area contributed by atoms with Crippen LogP contribution < -0.4 is 0 Å². The molecule has 0 spiro atoms. The largest absolute Gasteiger partial charge is 0.508 e. The summed E-state index contributed by atoms with van der Waals surface area (Å²) >= 11 is 0. The minimum atomic E-state index is -1.07. The van der Waals surface area contributed by atoms with E-state index in [1.165, 1.54) is 0 Å². The van der Waals surface area contributed by atoms with Crippen molar-refractivity contribution >= 4 is 0 Å². The topological polar surface area (TPSA) is 58.9 Å². The van der Waals surface area contributed by atoms with E-state index in [-0.39, 0.29) is 11.5 Å². The first-order chi connectivity index (χ1) is 9.12. The molecule has 4 nitrogen and oxygen atoms in total. The molecule has 0 atom stereocenters. The molecule has 0 aliphatic carbocycles. The molecule has 4 heteroatoms. The number of hydrogen-bond acceptors (Lipinski definition) is 4. The lowest BCUT2D eigenvalue weighted by molar-refractivity contribution is -0.183. The Bertz CT molecular complexity index is 480. The van der Waals surface area contributed by atoms with Gasteiger partial charge in [0.25, 0.3) is 0 Å². The third kappa shape index (κ3) is 2.41. The molecule has 0 fully saturated rings. The number of phenols is 2. The van der Waals surface area contributed by atoms with Gasteiger partial charge in [-0.2, -0.15) is 0 Å². The molecule has 0 aliphatic heterocycles. The van der Waals surface area contributed by atoms with Crippen LogP contribution in [-0.4, -0.2) is 24.4 Å². The summed E-state index contributed by atoms with van der Waals surface area (Å²) in [4.78, 5) is 0. The minimum Gasteiger partial charge on any atom is -0.508 e. The standard InChI is InChI=1S/C15H16O4/c1-18-15(19-2,11-3-7-13(16)8-4-11)12-5-9-14(17)10-6-12/h3-10,16-17H,1-2H3. The molecule has 100 valence electrons. The number of aromatic hydroxyl groups is 2. The Kier molecular flexibility index (Phi) is 3.74. The summed E-state index contributed by atoms with van der Waals surface area (Å²) in [5.74, 6) is -0.715. The zero-order valence-electron chi connectivity index (χ0n) is 10.8. The summed E-state index contributed by atoms with van der Waals surface area (Å²) in [5, 5.41) is 18.7. The van der Waals surface area contributed by atoms with E-state index < -0.39 is 5.79 Å². The number of ether oxygens (including phenoxy) is 2. The molecule has 0 amide bonds. The molecule has 0 saturated heterocycles. The minimum absolute atomic E-state index is 0.176. The second-order valence-electron chi connectivity index (χ2n) is 4.12. The lowest BCUT2D eigenvalue weighted by Gasteiger charge is -2.31. The fraction of sp³-hybridized carbons (Fsp3) is 0.200. The number of hydrogen-bond donors (Lipinski definition) is 2. The van der Waals surface area contributed by atoms with Crippen molar-refractivity contribution in [3.63, 3.8) is 0 Å². The summed E-state index contributed by atoms with van der Waals surface area (Å²) in [6.45, 7) is 0. The van der Waals surface area contributed by atoms with E-state index in [4.69, 9.17) is 9.47 Å². The first kappa shape index (κ1) is 13.4. The van der Waals surface area contributed by atoms with Crippen molar-refractivity contribution in [1.82, 2.24) is 0 Å². The predicted octanol–water partition coefficient (Wildman–Crippen LogP) is 2.59. The van der Waals surface area contributed by atoms with E-state index in [9.17, 15) is 10.2 Å². The van der Waals surface area contributed by atoms with Crippen molar-refractivity contribution in [3.05, 3.63) is 59.7 Å². The van der Waals surface area contributed by atoms with Crippen molar-refractivity contribution in [2.75, 3.05) is 14.2 Å². The highest BCUT2D eigenvalue weighted by Gasteiger charge is 2.34. The Morgan fingerprint density at radius 2 is 1.00 bits per heavy atom. The summed E-state index contributed by atoms with van der Waals surface area (Å²) in [6.07, 6.45) is 0. The van der Waals surface area contributed by atoms with Gasteiger partial charge in [-0.15, -0.1) is 0 Å². The molecule has 2 aromatic carbocycles. The van der Waals surface area contributed by atoms with Gasteiger partial charge in [0.2, 0.25) is 5.79 Å². The van der Waals surface area contributed by atoms with Crippen molar-refractivity contribution < 1.29 is 19.7 Å². The van der Waals surface area contributed by atoms with Gasteiger partial charge in [0.05, 0.1) is 0 Å². The van der Waals surface area contributed by atoms with E-state index in [1.54, 1.807) is 62.8 Å². The van der Waals surface area contributed by atoms with Crippen LogP contribution >= 0.6 is 0 Å². The molecule has 2 aromatic rings. The predicted molar refractivity (Wildman–Crippen MR) is 71.0 cm³/mol. The fourth-order valence-electron chi connectivity index (χ4n) is 2.08. The van der Waals surface area contributed by atoms with E-state index in [1.807, 2.05) is 0 Å². The molecule has 0 heterocycles. The lowest BCUT2D eigenvalue weighted by Crippen LogP contribution is -2.32. The van der Waals surface area contributed by atoms with Gasteiger partial charge in [0, 0.05) is 25.3 Å². The van der Waals surface area contributed by atoms with Crippen LogP contribution in [0.2, 0.25) is 0 Å². The zero-order valence-corrected chi connectivity index (χ0v) is 10.8. The van der Waals surface area contributed by atoms with Crippen molar-refractivity contribution in [2.45, 2.75) is 5.79 Å². The maximum atomic E-state index is 9.36. The van der Waals surface area contributed by atoms with Crippen LogP contribution in [0.1, 0.15) is 11.1 Å². The molecular formula is C15H16O4. The van der Waals surface area contributed by atoms with Gasteiger partial charge in [-0.1, -0.05) is 0 Å². The average Bonchev–Trinajstić information content (AvgIpc) is 2.44. The molecule has 0 saturated carbocycles. The van der Waals surface area contributed by atoms with Crippen LogP contribution in [0.4, 0.5) is 0 Å². The molecule has 2 N–H and O–H groups in total.